The van der Waals surface area contributed by atoms with Crippen LogP contribution in [0, 0.1) is 0 Å². The second-order valence-electron chi connectivity index (χ2n) is 8.25. The molecule has 1 aliphatic rings. The van der Waals surface area contributed by atoms with Crippen LogP contribution in [0.15, 0.2) is 79.0 Å². The van der Waals surface area contributed by atoms with Gasteiger partial charge in [0.25, 0.3) is 5.91 Å². The molecule has 0 spiro atoms. The average molecular weight is 458 g/mol. The fourth-order valence-corrected chi connectivity index (χ4v) is 4.69. The van der Waals surface area contributed by atoms with Crippen molar-refractivity contribution in [3.05, 3.63) is 106 Å². The predicted molar refractivity (Wildman–Crippen MR) is 130 cm³/mol. The Labute approximate surface area is 197 Å². The number of amides is 2. The number of benzene rings is 3. The maximum atomic E-state index is 13.3. The minimum Gasteiger partial charge on any atom is -0.361 e. The fraction of sp³-hybridized carbons (Fsp3) is 0.185. The summed E-state index contributed by atoms with van der Waals surface area (Å²) in [4.78, 5) is 30.9. The Balaban J connectivity index is 1.30. The molecular weight excluding hydrogens is 434 g/mol. The van der Waals surface area contributed by atoms with E-state index in [-0.39, 0.29) is 24.3 Å². The van der Waals surface area contributed by atoms with Gasteiger partial charge >= 0.3 is 0 Å². The van der Waals surface area contributed by atoms with Gasteiger partial charge < -0.3 is 15.2 Å². The van der Waals surface area contributed by atoms with Crippen molar-refractivity contribution in [2.75, 3.05) is 13.1 Å². The van der Waals surface area contributed by atoms with E-state index in [9.17, 15) is 9.59 Å². The lowest BCUT2D eigenvalue weighted by Crippen LogP contribution is -2.34. The molecule has 1 aromatic heterocycles. The van der Waals surface area contributed by atoms with Crippen LogP contribution in [0.1, 0.15) is 39.5 Å². The molecule has 0 radical (unpaired) electrons. The SMILES string of the molecule is O=C(CCN1C(=O)c2ccccc2C1c1c[nH]c2ccccc12)NCCc1ccc(Cl)cc1. The highest BCUT2D eigenvalue weighted by atomic mass is 35.5. The van der Waals surface area contributed by atoms with Gasteiger partial charge in [-0.25, -0.2) is 0 Å². The molecule has 33 heavy (non-hydrogen) atoms. The van der Waals surface area contributed by atoms with Gasteiger partial charge in [-0.3, -0.25) is 9.59 Å². The zero-order valence-electron chi connectivity index (χ0n) is 18.1. The topological polar surface area (TPSA) is 65.2 Å². The maximum Gasteiger partial charge on any atom is 0.255 e. The molecule has 2 heterocycles. The van der Waals surface area contributed by atoms with Gasteiger partial charge in [0, 0.05) is 52.8 Å². The standard InChI is InChI=1S/C27H24ClN3O2/c28-19-11-9-18(10-12-19)13-15-29-25(32)14-16-31-26(21-6-1-2-7-22(21)27(31)33)23-17-30-24-8-4-3-5-20(23)24/h1-12,17,26,30H,13-16H2,(H,29,32). The summed E-state index contributed by atoms with van der Waals surface area (Å²) >= 11 is 5.92. The Morgan fingerprint density at radius 2 is 1.73 bits per heavy atom. The smallest absolute Gasteiger partial charge is 0.255 e. The first-order valence-electron chi connectivity index (χ1n) is 11.1. The molecule has 6 heteroatoms. The van der Waals surface area contributed by atoms with Crippen LogP contribution in [-0.2, 0) is 11.2 Å². The molecule has 0 bridgehead atoms. The van der Waals surface area contributed by atoms with Crippen LogP contribution in [0.5, 0.6) is 0 Å². The Kier molecular flexibility index (Phi) is 5.88. The lowest BCUT2D eigenvalue weighted by atomic mass is 9.97. The van der Waals surface area contributed by atoms with Crippen molar-refractivity contribution in [3.8, 4) is 0 Å². The molecule has 166 valence electrons. The zero-order valence-corrected chi connectivity index (χ0v) is 18.8. The minimum atomic E-state index is -0.216. The highest BCUT2D eigenvalue weighted by molar-refractivity contribution is 6.30. The highest BCUT2D eigenvalue weighted by Gasteiger charge is 2.38. The molecule has 1 unspecified atom stereocenters. The molecule has 0 fully saturated rings. The molecule has 0 saturated carbocycles. The van der Waals surface area contributed by atoms with E-state index in [0.29, 0.717) is 23.7 Å². The van der Waals surface area contributed by atoms with Crippen LogP contribution in [0.3, 0.4) is 0 Å². The Morgan fingerprint density at radius 3 is 2.58 bits per heavy atom. The number of fused-ring (bicyclic) bond motifs is 2. The molecule has 2 amide bonds. The van der Waals surface area contributed by atoms with Crippen LogP contribution in [0.25, 0.3) is 10.9 Å². The van der Waals surface area contributed by atoms with E-state index in [1.54, 1.807) is 0 Å². The lowest BCUT2D eigenvalue weighted by molar-refractivity contribution is -0.121. The number of nitrogens with zero attached hydrogens (tertiary/aromatic N) is 1. The number of carbonyl (C=O) groups is 2. The quantitative estimate of drug-likeness (QED) is 0.404. The van der Waals surface area contributed by atoms with Crippen LogP contribution < -0.4 is 5.32 Å². The normalized spacial score (nSPS) is 15.1. The zero-order chi connectivity index (χ0) is 22.8. The maximum absolute atomic E-state index is 13.3. The van der Waals surface area contributed by atoms with Gasteiger partial charge in [-0.2, -0.15) is 0 Å². The van der Waals surface area contributed by atoms with E-state index in [2.05, 4.69) is 16.4 Å². The molecule has 4 aromatic rings. The summed E-state index contributed by atoms with van der Waals surface area (Å²) < 4.78 is 0. The van der Waals surface area contributed by atoms with E-state index < -0.39 is 0 Å². The molecule has 0 aliphatic carbocycles. The van der Waals surface area contributed by atoms with Crippen molar-refractivity contribution in [2.45, 2.75) is 18.9 Å². The molecule has 0 saturated heterocycles. The summed E-state index contributed by atoms with van der Waals surface area (Å²) in [6, 6.07) is 23.2. The van der Waals surface area contributed by atoms with E-state index in [4.69, 9.17) is 11.6 Å². The van der Waals surface area contributed by atoms with Crippen molar-refractivity contribution in [2.24, 2.45) is 0 Å². The average Bonchev–Trinajstić information content (AvgIpc) is 3.38. The Bertz CT molecular complexity index is 1310. The number of hydrogen-bond acceptors (Lipinski definition) is 2. The van der Waals surface area contributed by atoms with E-state index in [0.717, 1.165) is 34.0 Å². The molecule has 3 aromatic carbocycles. The number of aromatic nitrogens is 1. The monoisotopic (exact) mass is 457 g/mol. The first kappa shape index (κ1) is 21.3. The van der Waals surface area contributed by atoms with Crippen molar-refractivity contribution < 1.29 is 9.59 Å². The summed E-state index contributed by atoms with van der Waals surface area (Å²) in [6.07, 6.45) is 2.96. The first-order chi connectivity index (χ1) is 16.1. The predicted octanol–water partition coefficient (Wildman–Crippen LogP) is 5.12. The largest absolute Gasteiger partial charge is 0.361 e. The molecule has 2 N–H and O–H groups in total. The minimum absolute atomic E-state index is 0.0326. The number of halogens is 1. The van der Waals surface area contributed by atoms with Crippen molar-refractivity contribution in [1.82, 2.24) is 15.2 Å². The molecule has 1 aliphatic heterocycles. The number of rotatable bonds is 7. The van der Waals surface area contributed by atoms with Crippen molar-refractivity contribution in [3.63, 3.8) is 0 Å². The van der Waals surface area contributed by atoms with Gasteiger partial charge in [0.1, 0.15) is 0 Å². The summed E-state index contributed by atoms with van der Waals surface area (Å²) in [5.41, 5.74) is 4.88. The Morgan fingerprint density at radius 1 is 0.970 bits per heavy atom. The number of aromatic amines is 1. The van der Waals surface area contributed by atoms with Crippen LogP contribution in [-0.4, -0.2) is 34.8 Å². The van der Waals surface area contributed by atoms with Gasteiger partial charge in [-0.05, 0) is 41.8 Å². The van der Waals surface area contributed by atoms with E-state index >= 15 is 0 Å². The van der Waals surface area contributed by atoms with Crippen LogP contribution in [0.4, 0.5) is 0 Å². The number of para-hydroxylation sites is 1. The molecular formula is C27H24ClN3O2. The second kappa shape index (κ2) is 9.12. The third-order valence-electron chi connectivity index (χ3n) is 6.20. The molecule has 1 atom stereocenters. The number of hydrogen-bond donors (Lipinski definition) is 2. The van der Waals surface area contributed by atoms with Crippen molar-refractivity contribution in [1.29, 1.82) is 0 Å². The number of carbonyl (C=O) groups excluding carboxylic acids is 2. The van der Waals surface area contributed by atoms with Crippen LogP contribution >= 0.6 is 11.6 Å². The fourth-order valence-electron chi connectivity index (χ4n) is 4.56. The first-order valence-corrected chi connectivity index (χ1v) is 11.5. The van der Waals surface area contributed by atoms with E-state index in [1.165, 1.54) is 0 Å². The molecule has 5 rings (SSSR count). The third-order valence-corrected chi connectivity index (χ3v) is 6.45. The summed E-state index contributed by atoms with van der Waals surface area (Å²) in [5.74, 6) is -0.0970. The van der Waals surface area contributed by atoms with E-state index in [1.807, 2.05) is 77.8 Å². The lowest BCUT2D eigenvalue weighted by Gasteiger charge is -2.25. The second-order valence-corrected chi connectivity index (χ2v) is 8.69. The summed E-state index contributed by atoms with van der Waals surface area (Å²) in [6.45, 7) is 0.894. The van der Waals surface area contributed by atoms with Crippen molar-refractivity contribution >= 4 is 34.3 Å². The van der Waals surface area contributed by atoms with Gasteiger partial charge in [0.15, 0.2) is 0 Å². The van der Waals surface area contributed by atoms with Gasteiger partial charge in [-0.15, -0.1) is 0 Å². The summed E-state index contributed by atoms with van der Waals surface area (Å²) in [5, 5.41) is 4.75. The summed E-state index contributed by atoms with van der Waals surface area (Å²) in [7, 11) is 0. The van der Waals surface area contributed by atoms with Gasteiger partial charge in [0.05, 0.1) is 6.04 Å². The van der Waals surface area contributed by atoms with Gasteiger partial charge in [-0.1, -0.05) is 60.1 Å². The highest BCUT2D eigenvalue weighted by Crippen LogP contribution is 2.41. The van der Waals surface area contributed by atoms with Gasteiger partial charge in [0.2, 0.25) is 5.91 Å². The Hall–Kier alpha value is -3.57. The third kappa shape index (κ3) is 4.24. The van der Waals surface area contributed by atoms with Crippen LogP contribution in [0.2, 0.25) is 5.02 Å². The number of H-pyrrole nitrogens is 1. The number of nitrogens with one attached hydrogen (secondary N) is 2. The molecule has 5 nitrogen and oxygen atoms in total.